The van der Waals surface area contributed by atoms with Gasteiger partial charge in [0.2, 0.25) is 0 Å². The van der Waals surface area contributed by atoms with Crippen molar-refractivity contribution in [1.82, 2.24) is 10.2 Å². The van der Waals surface area contributed by atoms with Crippen LogP contribution in [0.1, 0.15) is 66.7 Å². The van der Waals surface area contributed by atoms with Crippen LogP contribution in [0.4, 0.5) is 0 Å². The number of hydrogen-bond acceptors (Lipinski definition) is 2. The van der Waals surface area contributed by atoms with Crippen LogP contribution in [-0.2, 0) is 0 Å². The van der Waals surface area contributed by atoms with Gasteiger partial charge < -0.3 is 0 Å². The molecule has 0 aromatic heterocycles. The van der Waals surface area contributed by atoms with E-state index in [1.807, 2.05) is 0 Å². The highest BCUT2D eigenvalue weighted by Gasteiger charge is 2.55. The van der Waals surface area contributed by atoms with Crippen molar-refractivity contribution >= 4 is 0 Å². The van der Waals surface area contributed by atoms with Gasteiger partial charge in [0, 0.05) is 17.6 Å². The fourth-order valence-electron chi connectivity index (χ4n) is 5.15. The van der Waals surface area contributed by atoms with Gasteiger partial charge in [0.1, 0.15) is 0 Å². The standard InChI is InChI=1S/C17H32N2/c1-11(2)15-10-13-12-8-6-7-9-14(12)18-16(13)19(15)17(3,4)5/h11-16,18H,6-10H2,1-5H3. The summed E-state index contributed by atoms with van der Waals surface area (Å²) in [5.41, 5.74) is 0.287. The van der Waals surface area contributed by atoms with Gasteiger partial charge in [0.05, 0.1) is 6.17 Å². The summed E-state index contributed by atoms with van der Waals surface area (Å²) < 4.78 is 0. The van der Waals surface area contributed by atoms with Gasteiger partial charge in [-0.2, -0.15) is 0 Å². The molecule has 2 nitrogen and oxygen atoms in total. The van der Waals surface area contributed by atoms with Crippen molar-refractivity contribution in [2.75, 3.05) is 0 Å². The number of likely N-dealkylation sites (tertiary alicyclic amines) is 1. The van der Waals surface area contributed by atoms with Gasteiger partial charge in [-0.25, -0.2) is 0 Å². The summed E-state index contributed by atoms with van der Waals surface area (Å²) in [7, 11) is 0. The second-order valence-electron chi connectivity index (χ2n) is 8.46. The first-order valence-electron chi connectivity index (χ1n) is 8.44. The van der Waals surface area contributed by atoms with Crippen molar-refractivity contribution in [1.29, 1.82) is 0 Å². The van der Waals surface area contributed by atoms with Gasteiger partial charge in [0.25, 0.3) is 0 Å². The predicted octanol–water partition coefficient (Wildman–Crippen LogP) is 3.62. The summed E-state index contributed by atoms with van der Waals surface area (Å²) in [5, 5.41) is 4.02. The highest BCUT2D eigenvalue weighted by atomic mass is 15.4. The molecule has 0 spiro atoms. The highest BCUT2D eigenvalue weighted by Crippen LogP contribution is 2.49. The number of fused-ring (bicyclic) bond motifs is 3. The lowest BCUT2D eigenvalue weighted by Crippen LogP contribution is -2.55. The third-order valence-corrected chi connectivity index (χ3v) is 5.87. The van der Waals surface area contributed by atoms with Crippen LogP contribution in [-0.4, -0.2) is 28.7 Å². The Bertz CT molecular complexity index is 331. The molecule has 0 bridgehead atoms. The SMILES string of the molecule is CC(C)C1CC2C3CCCCC3NC2N1C(C)(C)C. The van der Waals surface area contributed by atoms with Crippen molar-refractivity contribution in [2.45, 2.75) is 90.5 Å². The molecule has 0 amide bonds. The van der Waals surface area contributed by atoms with Crippen LogP contribution in [0.2, 0.25) is 0 Å². The van der Waals surface area contributed by atoms with Crippen LogP contribution < -0.4 is 5.32 Å². The number of rotatable bonds is 1. The highest BCUT2D eigenvalue weighted by molar-refractivity contribution is 5.08. The Morgan fingerprint density at radius 3 is 2.37 bits per heavy atom. The molecule has 5 unspecified atom stereocenters. The quantitative estimate of drug-likeness (QED) is 0.778. The topological polar surface area (TPSA) is 15.3 Å². The normalized spacial score (nSPS) is 43.6. The lowest BCUT2D eigenvalue weighted by atomic mass is 9.78. The first kappa shape index (κ1) is 13.9. The zero-order chi connectivity index (χ0) is 13.8. The Hall–Kier alpha value is -0.0800. The summed E-state index contributed by atoms with van der Waals surface area (Å²) >= 11 is 0. The molecule has 2 heterocycles. The molecule has 110 valence electrons. The summed E-state index contributed by atoms with van der Waals surface area (Å²) in [4.78, 5) is 2.82. The maximum atomic E-state index is 4.02. The van der Waals surface area contributed by atoms with Gasteiger partial charge >= 0.3 is 0 Å². The monoisotopic (exact) mass is 264 g/mol. The van der Waals surface area contributed by atoms with E-state index >= 15 is 0 Å². The summed E-state index contributed by atoms with van der Waals surface area (Å²) in [6.07, 6.45) is 7.88. The van der Waals surface area contributed by atoms with E-state index in [1.165, 1.54) is 32.1 Å². The first-order valence-corrected chi connectivity index (χ1v) is 8.44. The molecule has 2 heteroatoms. The first-order chi connectivity index (χ1) is 8.89. The molecule has 3 aliphatic rings. The van der Waals surface area contributed by atoms with Gasteiger partial charge in [-0.05, 0) is 57.8 Å². The Labute approximate surface area is 119 Å². The van der Waals surface area contributed by atoms with Crippen molar-refractivity contribution < 1.29 is 0 Å². The van der Waals surface area contributed by atoms with E-state index in [0.717, 1.165) is 29.8 Å². The van der Waals surface area contributed by atoms with Crippen molar-refractivity contribution in [3.8, 4) is 0 Å². The predicted molar refractivity (Wildman–Crippen MR) is 81.0 cm³/mol. The Balaban J connectivity index is 1.86. The average Bonchev–Trinajstić information content (AvgIpc) is 2.82. The third kappa shape index (κ3) is 2.25. The zero-order valence-corrected chi connectivity index (χ0v) is 13.4. The molecule has 5 atom stereocenters. The maximum Gasteiger partial charge on any atom is 0.0639 e. The molecule has 1 N–H and O–H groups in total. The van der Waals surface area contributed by atoms with E-state index in [9.17, 15) is 0 Å². The molecule has 0 radical (unpaired) electrons. The molecular weight excluding hydrogens is 232 g/mol. The average molecular weight is 264 g/mol. The zero-order valence-electron chi connectivity index (χ0n) is 13.4. The van der Waals surface area contributed by atoms with Gasteiger partial charge in [-0.3, -0.25) is 10.2 Å². The van der Waals surface area contributed by atoms with Gasteiger partial charge in [0.15, 0.2) is 0 Å². The minimum absolute atomic E-state index is 0.287. The summed E-state index contributed by atoms with van der Waals surface area (Å²) in [6, 6.07) is 1.59. The van der Waals surface area contributed by atoms with Crippen LogP contribution in [0.5, 0.6) is 0 Å². The minimum atomic E-state index is 0.287. The smallest absolute Gasteiger partial charge is 0.0639 e. The van der Waals surface area contributed by atoms with Crippen LogP contribution in [0, 0.1) is 17.8 Å². The minimum Gasteiger partial charge on any atom is -0.298 e. The number of nitrogens with one attached hydrogen (secondary N) is 1. The third-order valence-electron chi connectivity index (χ3n) is 5.87. The molecule has 0 aromatic carbocycles. The van der Waals surface area contributed by atoms with Gasteiger partial charge in [-0.15, -0.1) is 0 Å². The molecule has 2 aliphatic heterocycles. The van der Waals surface area contributed by atoms with Crippen LogP contribution in [0.25, 0.3) is 0 Å². The second-order valence-corrected chi connectivity index (χ2v) is 8.46. The number of hydrogen-bond donors (Lipinski definition) is 1. The lowest BCUT2D eigenvalue weighted by molar-refractivity contribution is 0.0411. The van der Waals surface area contributed by atoms with E-state index in [1.54, 1.807) is 0 Å². The number of nitrogens with zero attached hydrogens (tertiary/aromatic N) is 1. The van der Waals surface area contributed by atoms with Crippen molar-refractivity contribution in [3.63, 3.8) is 0 Å². The van der Waals surface area contributed by atoms with E-state index in [2.05, 4.69) is 44.8 Å². The molecule has 1 aliphatic carbocycles. The van der Waals surface area contributed by atoms with Crippen LogP contribution in [0.3, 0.4) is 0 Å². The van der Waals surface area contributed by atoms with E-state index in [4.69, 9.17) is 0 Å². The van der Waals surface area contributed by atoms with Crippen LogP contribution >= 0.6 is 0 Å². The molecular formula is C17H32N2. The maximum absolute atomic E-state index is 4.02. The van der Waals surface area contributed by atoms with Crippen molar-refractivity contribution in [3.05, 3.63) is 0 Å². The fraction of sp³-hybridized carbons (Fsp3) is 1.00. The van der Waals surface area contributed by atoms with Crippen molar-refractivity contribution in [2.24, 2.45) is 17.8 Å². The van der Waals surface area contributed by atoms with E-state index in [-0.39, 0.29) is 5.54 Å². The van der Waals surface area contributed by atoms with Crippen LogP contribution in [0.15, 0.2) is 0 Å². The summed E-state index contributed by atoms with van der Waals surface area (Å²) in [5.74, 6) is 2.65. The molecule has 19 heavy (non-hydrogen) atoms. The Kier molecular flexibility index (Phi) is 3.46. The molecule has 1 saturated carbocycles. The largest absolute Gasteiger partial charge is 0.298 e. The van der Waals surface area contributed by atoms with E-state index in [0.29, 0.717) is 6.17 Å². The Morgan fingerprint density at radius 2 is 1.74 bits per heavy atom. The fourth-order valence-corrected chi connectivity index (χ4v) is 5.15. The Morgan fingerprint density at radius 1 is 1.05 bits per heavy atom. The molecule has 0 aromatic rings. The van der Waals surface area contributed by atoms with Gasteiger partial charge in [-0.1, -0.05) is 26.7 Å². The lowest BCUT2D eigenvalue weighted by Gasteiger charge is -2.43. The summed E-state index contributed by atoms with van der Waals surface area (Å²) in [6.45, 7) is 12.0. The second kappa shape index (κ2) is 4.73. The molecule has 2 saturated heterocycles. The molecule has 3 rings (SSSR count). The van der Waals surface area contributed by atoms with E-state index < -0.39 is 0 Å². The molecule has 3 fully saturated rings.